The van der Waals surface area contributed by atoms with Crippen molar-refractivity contribution in [1.29, 1.82) is 0 Å². The van der Waals surface area contributed by atoms with Crippen LogP contribution in [0.5, 0.6) is 0 Å². The van der Waals surface area contributed by atoms with E-state index >= 15 is 0 Å². The zero-order valence-corrected chi connectivity index (χ0v) is 17.9. The lowest BCUT2D eigenvalue weighted by Crippen LogP contribution is -2.17. The lowest BCUT2D eigenvalue weighted by atomic mass is 10.0. The first kappa shape index (κ1) is 19.3. The Bertz CT molecular complexity index is 1180. The largest absolute Gasteiger partial charge is 0.336 e. The summed E-state index contributed by atoms with van der Waals surface area (Å²) < 4.78 is 8.08. The lowest BCUT2D eigenvalue weighted by molar-refractivity contribution is 0.102. The standard InChI is InChI=1S/C21H20BrN5O2/c1-12(2)17-10-16(19-13(3)26-29-21(19)24-17)20(28)25-18-8-9-23-27(18)11-14-4-6-15(22)7-5-14/h4-10,12H,11H2,1-3H3,(H,25,28). The van der Waals surface area contributed by atoms with E-state index in [9.17, 15) is 4.79 Å². The van der Waals surface area contributed by atoms with Crippen LogP contribution < -0.4 is 5.32 Å². The van der Waals surface area contributed by atoms with Gasteiger partial charge in [-0.2, -0.15) is 5.10 Å². The van der Waals surface area contributed by atoms with Crippen molar-refractivity contribution < 1.29 is 9.32 Å². The summed E-state index contributed by atoms with van der Waals surface area (Å²) in [6, 6.07) is 11.6. The summed E-state index contributed by atoms with van der Waals surface area (Å²) in [5, 5.41) is 11.9. The fourth-order valence-electron chi connectivity index (χ4n) is 3.10. The number of hydrogen-bond acceptors (Lipinski definition) is 5. The predicted molar refractivity (Wildman–Crippen MR) is 114 cm³/mol. The number of fused-ring (bicyclic) bond motifs is 1. The molecule has 0 unspecified atom stereocenters. The molecule has 0 aliphatic heterocycles. The molecular weight excluding hydrogens is 434 g/mol. The number of aromatic nitrogens is 4. The lowest BCUT2D eigenvalue weighted by Gasteiger charge is -2.11. The van der Waals surface area contributed by atoms with E-state index in [1.54, 1.807) is 23.9 Å². The molecule has 0 radical (unpaired) electrons. The first-order valence-corrected chi connectivity index (χ1v) is 10.1. The van der Waals surface area contributed by atoms with Gasteiger partial charge in [0, 0.05) is 16.2 Å². The number of halogens is 1. The van der Waals surface area contributed by atoms with Gasteiger partial charge in [-0.1, -0.05) is 47.1 Å². The molecule has 7 nitrogen and oxygen atoms in total. The van der Waals surface area contributed by atoms with E-state index in [-0.39, 0.29) is 11.8 Å². The maximum Gasteiger partial charge on any atom is 0.259 e. The molecule has 0 spiro atoms. The molecule has 0 fully saturated rings. The van der Waals surface area contributed by atoms with Crippen molar-refractivity contribution >= 4 is 38.8 Å². The van der Waals surface area contributed by atoms with E-state index < -0.39 is 0 Å². The predicted octanol–water partition coefficient (Wildman–Crippen LogP) is 4.91. The minimum Gasteiger partial charge on any atom is -0.336 e. The SMILES string of the molecule is Cc1noc2nc(C(C)C)cc(C(=O)Nc3ccnn3Cc3ccc(Br)cc3)c12. The van der Waals surface area contributed by atoms with Crippen molar-refractivity contribution in [2.24, 2.45) is 0 Å². The van der Waals surface area contributed by atoms with Crippen molar-refractivity contribution in [3.05, 3.63) is 69.6 Å². The second kappa shape index (κ2) is 7.79. The number of amides is 1. The van der Waals surface area contributed by atoms with Crippen LogP contribution in [-0.2, 0) is 6.54 Å². The van der Waals surface area contributed by atoms with Crippen LogP contribution in [0, 0.1) is 6.92 Å². The number of carbonyl (C=O) groups excluding carboxylic acids is 1. The molecule has 3 aromatic heterocycles. The fraction of sp³-hybridized carbons (Fsp3) is 0.238. The Morgan fingerprint density at radius 3 is 2.72 bits per heavy atom. The van der Waals surface area contributed by atoms with Gasteiger partial charge in [0.15, 0.2) is 0 Å². The second-order valence-corrected chi connectivity index (χ2v) is 8.07. The molecule has 8 heteroatoms. The zero-order valence-electron chi connectivity index (χ0n) is 16.3. The molecule has 1 aromatic carbocycles. The molecular formula is C21H20BrN5O2. The van der Waals surface area contributed by atoms with E-state index in [4.69, 9.17) is 4.52 Å². The third kappa shape index (κ3) is 3.93. The number of pyridine rings is 1. The molecule has 0 bridgehead atoms. The van der Waals surface area contributed by atoms with E-state index in [1.807, 2.05) is 44.2 Å². The van der Waals surface area contributed by atoms with Gasteiger partial charge in [-0.05, 0) is 36.6 Å². The number of hydrogen-bond donors (Lipinski definition) is 1. The quantitative estimate of drug-likeness (QED) is 0.463. The molecule has 0 aliphatic rings. The fourth-order valence-corrected chi connectivity index (χ4v) is 3.36. The van der Waals surface area contributed by atoms with Crippen LogP contribution in [0.25, 0.3) is 11.1 Å². The highest BCUT2D eigenvalue weighted by atomic mass is 79.9. The van der Waals surface area contributed by atoms with Gasteiger partial charge in [0.1, 0.15) is 5.82 Å². The Labute approximate surface area is 176 Å². The average molecular weight is 454 g/mol. The van der Waals surface area contributed by atoms with Gasteiger partial charge in [0.25, 0.3) is 11.6 Å². The molecule has 4 rings (SSSR count). The molecule has 1 amide bonds. The van der Waals surface area contributed by atoms with Crippen LogP contribution in [0.15, 0.2) is 51.6 Å². The van der Waals surface area contributed by atoms with Gasteiger partial charge in [-0.25, -0.2) is 9.67 Å². The van der Waals surface area contributed by atoms with Crippen LogP contribution >= 0.6 is 15.9 Å². The smallest absolute Gasteiger partial charge is 0.259 e. The van der Waals surface area contributed by atoms with Crippen molar-refractivity contribution in [1.82, 2.24) is 19.9 Å². The monoisotopic (exact) mass is 453 g/mol. The Morgan fingerprint density at radius 1 is 1.24 bits per heavy atom. The summed E-state index contributed by atoms with van der Waals surface area (Å²) in [5.41, 5.74) is 3.37. The summed E-state index contributed by atoms with van der Waals surface area (Å²) in [6.07, 6.45) is 1.67. The molecule has 0 aliphatic carbocycles. The van der Waals surface area contributed by atoms with Crippen molar-refractivity contribution in [2.45, 2.75) is 33.2 Å². The number of aryl methyl sites for hydroxylation is 1. The van der Waals surface area contributed by atoms with Crippen LogP contribution in [-0.4, -0.2) is 25.8 Å². The highest BCUT2D eigenvalue weighted by Crippen LogP contribution is 2.26. The minimum absolute atomic E-state index is 0.152. The number of nitrogens with zero attached hydrogens (tertiary/aromatic N) is 4. The van der Waals surface area contributed by atoms with Crippen molar-refractivity contribution in [3.63, 3.8) is 0 Å². The normalized spacial score (nSPS) is 11.3. The van der Waals surface area contributed by atoms with Crippen LogP contribution in [0.4, 0.5) is 5.82 Å². The summed E-state index contributed by atoms with van der Waals surface area (Å²) in [7, 11) is 0. The van der Waals surface area contributed by atoms with Gasteiger partial charge in [-0.15, -0.1) is 0 Å². The van der Waals surface area contributed by atoms with Crippen LogP contribution in [0.2, 0.25) is 0 Å². The molecule has 148 valence electrons. The molecule has 0 saturated carbocycles. The summed E-state index contributed by atoms with van der Waals surface area (Å²) in [5.74, 6) is 0.519. The number of benzene rings is 1. The third-order valence-corrected chi connectivity index (χ3v) is 5.21. The van der Waals surface area contributed by atoms with Gasteiger partial charge >= 0.3 is 0 Å². The molecule has 29 heavy (non-hydrogen) atoms. The average Bonchev–Trinajstić information content (AvgIpc) is 3.29. The highest BCUT2D eigenvalue weighted by Gasteiger charge is 2.20. The van der Waals surface area contributed by atoms with E-state index in [2.05, 4.69) is 36.5 Å². The van der Waals surface area contributed by atoms with Crippen molar-refractivity contribution in [3.8, 4) is 0 Å². The van der Waals surface area contributed by atoms with Crippen molar-refractivity contribution in [2.75, 3.05) is 5.32 Å². The minimum atomic E-state index is -0.247. The molecule has 4 aromatic rings. The third-order valence-electron chi connectivity index (χ3n) is 4.68. The molecule has 0 atom stereocenters. The maximum absolute atomic E-state index is 13.1. The Kier molecular flexibility index (Phi) is 5.19. The van der Waals surface area contributed by atoms with Crippen LogP contribution in [0.1, 0.15) is 47.1 Å². The first-order valence-electron chi connectivity index (χ1n) is 9.27. The Morgan fingerprint density at radius 2 is 2.00 bits per heavy atom. The van der Waals surface area contributed by atoms with E-state index in [0.717, 1.165) is 15.7 Å². The summed E-state index contributed by atoms with van der Waals surface area (Å²) in [4.78, 5) is 17.6. The second-order valence-electron chi connectivity index (χ2n) is 7.15. The Balaban J connectivity index is 1.65. The zero-order chi connectivity index (χ0) is 20.5. The first-order chi connectivity index (χ1) is 13.9. The van der Waals surface area contributed by atoms with Gasteiger partial charge < -0.3 is 9.84 Å². The van der Waals surface area contributed by atoms with Gasteiger partial charge in [0.05, 0.1) is 29.4 Å². The maximum atomic E-state index is 13.1. The Hall–Kier alpha value is -3.00. The molecule has 1 N–H and O–H groups in total. The number of anilines is 1. The summed E-state index contributed by atoms with van der Waals surface area (Å²) in [6.45, 7) is 6.39. The molecule has 0 saturated heterocycles. The van der Waals surface area contributed by atoms with Gasteiger partial charge in [-0.3, -0.25) is 4.79 Å². The summed E-state index contributed by atoms with van der Waals surface area (Å²) >= 11 is 3.44. The molecule has 3 heterocycles. The number of carbonyl (C=O) groups is 1. The van der Waals surface area contributed by atoms with E-state index in [0.29, 0.717) is 34.7 Å². The highest BCUT2D eigenvalue weighted by molar-refractivity contribution is 9.10. The van der Waals surface area contributed by atoms with Gasteiger partial charge in [0.2, 0.25) is 0 Å². The topological polar surface area (TPSA) is 85.8 Å². The van der Waals surface area contributed by atoms with E-state index in [1.165, 1.54) is 0 Å². The number of rotatable bonds is 5. The number of nitrogens with one attached hydrogen (secondary N) is 1. The van der Waals surface area contributed by atoms with Crippen LogP contribution in [0.3, 0.4) is 0 Å².